The number of hydrogen-bond acceptors (Lipinski definition) is 7. The third-order valence-electron chi connectivity index (χ3n) is 4.55. The fourth-order valence-corrected chi connectivity index (χ4v) is 4.18. The van der Waals surface area contributed by atoms with Crippen molar-refractivity contribution in [2.24, 2.45) is 0 Å². The van der Waals surface area contributed by atoms with Crippen molar-refractivity contribution >= 4 is 11.8 Å². The molecule has 1 fully saturated rings. The van der Waals surface area contributed by atoms with Crippen LogP contribution < -0.4 is 11.2 Å². The van der Waals surface area contributed by atoms with Gasteiger partial charge in [0.2, 0.25) is 0 Å². The van der Waals surface area contributed by atoms with E-state index in [0.717, 1.165) is 15.0 Å². The maximum absolute atomic E-state index is 12.2. The molecular formula is C18H22N2O6S. The Hall–Kier alpha value is -1.91. The zero-order valence-electron chi connectivity index (χ0n) is 14.9. The molecule has 0 saturated carbocycles. The number of thioether (sulfide) groups is 1. The minimum Gasteiger partial charge on any atom is -0.394 e. The predicted octanol–water partition coefficient (Wildman–Crippen LogP) is -0.0742. The minimum absolute atomic E-state index is 0.278. The second kappa shape index (κ2) is 7.99. The molecule has 3 rings (SSSR count). The smallest absolute Gasteiger partial charge is 0.330 e. The third kappa shape index (κ3) is 4.02. The fourth-order valence-electron chi connectivity index (χ4n) is 2.99. The van der Waals surface area contributed by atoms with Crippen molar-refractivity contribution < 1.29 is 20.1 Å². The summed E-state index contributed by atoms with van der Waals surface area (Å²) in [5.74, 6) is 0. The largest absolute Gasteiger partial charge is 0.394 e. The lowest BCUT2D eigenvalue weighted by Crippen LogP contribution is -2.56. The summed E-state index contributed by atoms with van der Waals surface area (Å²) in [7, 11) is 0. The molecule has 0 bridgehead atoms. The van der Waals surface area contributed by atoms with Crippen LogP contribution in [0.1, 0.15) is 17.4 Å². The van der Waals surface area contributed by atoms with Gasteiger partial charge >= 0.3 is 5.69 Å². The van der Waals surface area contributed by atoms with Crippen molar-refractivity contribution in [2.45, 2.75) is 48.5 Å². The number of aryl methyl sites for hydroxylation is 2. The first-order valence-electron chi connectivity index (χ1n) is 8.49. The van der Waals surface area contributed by atoms with Crippen LogP contribution in [0.2, 0.25) is 0 Å². The number of nitrogens with one attached hydrogen (secondary N) is 1. The highest BCUT2D eigenvalue weighted by Gasteiger charge is 2.46. The van der Waals surface area contributed by atoms with Crippen LogP contribution in [0.25, 0.3) is 0 Å². The van der Waals surface area contributed by atoms with Crippen LogP contribution in [0.5, 0.6) is 0 Å². The lowest BCUT2D eigenvalue weighted by atomic mass is 10.0. The number of rotatable bonds is 4. The molecule has 1 aromatic heterocycles. The zero-order valence-corrected chi connectivity index (χ0v) is 15.7. The highest BCUT2D eigenvalue weighted by molar-refractivity contribution is 8.00. The lowest BCUT2D eigenvalue weighted by molar-refractivity contribution is -0.203. The number of H-pyrrole nitrogens is 1. The van der Waals surface area contributed by atoms with E-state index in [1.54, 1.807) is 0 Å². The van der Waals surface area contributed by atoms with E-state index in [-0.39, 0.29) is 5.56 Å². The van der Waals surface area contributed by atoms with Gasteiger partial charge < -0.3 is 20.1 Å². The van der Waals surface area contributed by atoms with Gasteiger partial charge in [-0.2, -0.15) is 0 Å². The van der Waals surface area contributed by atoms with Gasteiger partial charge in [0.1, 0.15) is 12.2 Å². The molecule has 1 aliphatic rings. The van der Waals surface area contributed by atoms with Gasteiger partial charge in [0.15, 0.2) is 6.23 Å². The average molecular weight is 394 g/mol. The van der Waals surface area contributed by atoms with E-state index in [4.69, 9.17) is 4.74 Å². The summed E-state index contributed by atoms with van der Waals surface area (Å²) >= 11 is 1.24. The Bertz CT molecular complexity index is 909. The molecule has 4 N–H and O–H groups in total. The summed E-state index contributed by atoms with van der Waals surface area (Å²) in [4.78, 5) is 26.8. The Labute approximate surface area is 159 Å². The summed E-state index contributed by atoms with van der Waals surface area (Å²) in [6.45, 7) is 3.00. The molecule has 0 amide bonds. The van der Waals surface area contributed by atoms with Gasteiger partial charge in [-0.15, -0.1) is 11.8 Å². The molecular weight excluding hydrogens is 372 g/mol. The molecule has 0 spiro atoms. The third-order valence-corrected chi connectivity index (χ3v) is 5.93. The number of aromatic nitrogens is 2. The molecule has 27 heavy (non-hydrogen) atoms. The van der Waals surface area contributed by atoms with Crippen LogP contribution in [0.3, 0.4) is 0 Å². The van der Waals surface area contributed by atoms with Gasteiger partial charge in [0.25, 0.3) is 5.56 Å². The van der Waals surface area contributed by atoms with Gasteiger partial charge in [0.05, 0.1) is 18.0 Å². The van der Waals surface area contributed by atoms with Gasteiger partial charge in [-0.25, -0.2) is 4.79 Å². The topological polar surface area (TPSA) is 125 Å². The number of benzene rings is 1. The molecule has 0 unspecified atom stereocenters. The first-order valence-corrected chi connectivity index (χ1v) is 9.37. The summed E-state index contributed by atoms with van der Waals surface area (Å²) in [6, 6.07) is 7.57. The Morgan fingerprint density at radius 1 is 1.15 bits per heavy atom. The van der Waals surface area contributed by atoms with Crippen LogP contribution in [-0.4, -0.2) is 55.0 Å². The molecule has 2 heterocycles. The number of hydrogen-bond donors (Lipinski definition) is 4. The fraction of sp³-hybridized carbons (Fsp3) is 0.444. The van der Waals surface area contributed by atoms with Crippen molar-refractivity contribution in [3.63, 3.8) is 0 Å². The number of aromatic amines is 1. The number of nitrogens with zero attached hydrogens (tertiary/aromatic N) is 1. The molecule has 0 aliphatic carbocycles. The zero-order chi connectivity index (χ0) is 19.7. The van der Waals surface area contributed by atoms with E-state index in [9.17, 15) is 24.9 Å². The predicted molar refractivity (Wildman–Crippen MR) is 99.9 cm³/mol. The SMILES string of the molecule is Cc1ccc(S[C@H]2[C@@H](O)[C@H](n3cc(C)c(=O)[nH]c3=O)O[C@H](CO)[C@H]2O)cc1. The summed E-state index contributed by atoms with van der Waals surface area (Å²) in [5, 5.41) is 30.2. The summed E-state index contributed by atoms with van der Waals surface area (Å²) < 4.78 is 6.67. The number of aliphatic hydroxyl groups excluding tert-OH is 3. The monoisotopic (exact) mass is 394 g/mol. The first-order chi connectivity index (χ1) is 12.8. The molecule has 1 aromatic carbocycles. The van der Waals surface area contributed by atoms with E-state index >= 15 is 0 Å². The van der Waals surface area contributed by atoms with Crippen LogP contribution in [0.15, 0.2) is 44.9 Å². The van der Waals surface area contributed by atoms with Crippen LogP contribution >= 0.6 is 11.8 Å². The van der Waals surface area contributed by atoms with E-state index in [2.05, 4.69) is 4.98 Å². The quantitative estimate of drug-likeness (QED) is 0.572. The maximum atomic E-state index is 12.2. The Balaban J connectivity index is 1.96. The van der Waals surface area contributed by atoms with Gasteiger partial charge in [-0.05, 0) is 26.0 Å². The normalized spacial score (nSPS) is 28.3. The molecule has 2 aromatic rings. The highest BCUT2D eigenvalue weighted by Crippen LogP contribution is 2.37. The minimum atomic E-state index is -1.25. The molecule has 1 saturated heterocycles. The van der Waals surface area contributed by atoms with Crippen molar-refractivity contribution in [3.8, 4) is 0 Å². The van der Waals surface area contributed by atoms with Gasteiger partial charge in [0, 0.05) is 16.7 Å². The standard InChI is InChI=1S/C18H22N2O6S/c1-9-3-5-11(6-4-9)27-15-13(22)12(8-21)26-17(14(15)23)20-7-10(2)16(24)19-18(20)25/h3-7,12-15,17,21-23H,8H2,1-2H3,(H,19,24,25)/t12-,13-,14-,15-,17-/m1/s1. The Morgan fingerprint density at radius 2 is 1.81 bits per heavy atom. The van der Waals surface area contributed by atoms with Crippen LogP contribution in [0, 0.1) is 13.8 Å². The highest BCUT2D eigenvalue weighted by atomic mass is 32.2. The molecule has 8 nitrogen and oxygen atoms in total. The molecule has 0 radical (unpaired) electrons. The van der Waals surface area contributed by atoms with Crippen LogP contribution in [-0.2, 0) is 4.74 Å². The van der Waals surface area contributed by atoms with Crippen LogP contribution in [0.4, 0.5) is 0 Å². The second-order valence-corrected chi connectivity index (χ2v) is 7.85. The second-order valence-electron chi connectivity index (χ2n) is 6.60. The number of ether oxygens (including phenoxy) is 1. The van der Waals surface area contributed by atoms with Gasteiger partial charge in [-0.3, -0.25) is 14.3 Å². The first kappa shape index (κ1) is 19.8. The van der Waals surface area contributed by atoms with E-state index in [0.29, 0.717) is 0 Å². The van der Waals surface area contributed by atoms with E-state index < -0.39 is 47.6 Å². The molecule has 146 valence electrons. The van der Waals surface area contributed by atoms with Crippen molar-refractivity contribution in [3.05, 3.63) is 62.4 Å². The lowest BCUT2D eigenvalue weighted by Gasteiger charge is -2.42. The van der Waals surface area contributed by atoms with E-state index in [1.807, 2.05) is 31.2 Å². The summed E-state index contributed by atoms with van der Waals surface area (Å²) in [6.07, 6.45) is -3.24. The van der Waals surface area contributed by atoms with Crippen molar-refractivity contribution in [2.75, 3.05) is 6.61 Å². The molecule has 5 atom stereocenters. The number of aliphatic hydroxyl groups is 3. The van der Waals surface area contributed by atoms with Crippen molar-refractivity contribution in [1.29, 1.82) is 0 Å². The molecule has 9 heteroatoms. The van der Waals surface area contributed by atoms with E-state index in [1.165, 1.54) is 24.9 Å². The molecule has 1 aliphatic heterocycles. The Kier molecular flexibility index (Phi) is 5.87. The van der Waals surface area contributed by atoms with Gasteiger partial charge in [-0.1, -0.05) is 17.7 Å². The Morgan fingerprint density at radius 3 is 2.44 bits per heavy atom. The summed E-state index contributed by atoms with van der Waals surface area (Å²) in [5.41, 5.74) is 0.0984. The van der Waals surface area contributed by atoms with Crippen molar-refractivity contribution in [1.82, 2.24) is 9.55 Å². The average Bonchev–Trinajstić information content (AvgIpc) is 2.64. The maximum Gasteiger partial charge on any atom is 0.330 e.